The van der Waals surface area contributed by atoms with Crippen LogP contribution in [0.25, 0.3) is 0 Å². The first-order valence-electron chi connectivity index (χ1n) is 7.78. The Morgan fingerprint density at radius 1 is 1.33 bits per heavy atom. The number of carbonyl (C=O) groups excluding carboxylic acids is 1. The third-order valence-electron chi connectivity index (χ3n) is 4.54. The highest BCUT2D eigenvalue weighted by Gasteiger charge is 2.38. The molecular weight excluding hydrogens is 330 g/mol. The van der Waals surface area contributed by atoms with Crippen molar-refractivity contribution < 1.29 is 14.7 Å². The Kier molecular flexibility index (Phi) is 4.57. The summed E-state index contributed by atoms with van der Waals surface area (Å²) in [6, 6.07) is 9.14. The fraction of sp³-hybridized carbons (Fsp3) is 0.353. The maximum atomic E-state index is 12.1. The largest absolute Gasteiger partial charge is 0.476 e. The van der Waals surface area contributed by atoms with Crippen molar-refractivity contribution in [3.8, 4) is 0 Å². The zero-order valence-corrected chi connectivity index (χ0v) is 13.8. The van der Waals surface area contributed by atoms with Crippen LogP contribution < -0.4 is 5.32 Å². The number of benzene rings is 1. The van der Waals surface area contributed by atoms with E-state index in [0.717, 1.165) is 24.8 Å². The Bertz CT molecular complexity index is 768. The van der Waals surface area contributed by atoms with E-state index in [1.165, 1.54) is 16.9 Å². The molecule has 1 heterocycles. The second kappa shape index (κ2) is 6.65. The first-order valence-corrected chi connectivity index (χ1v) is 8.16. The lowest BCUT2D eigenvalue weighted by molar-refractivity contribution is -0.122. The van der Waals surface area contributed by atoms with Crippen molar-refractivity contribution in [3.63, 3.8) is 0 Å². The monoisotopic (exact) mass is 347 g/mol. The summed E-state index contributed by atoms with van der Waals surface area (Å²) in [4.78, 5) is 22.9. The van der Waals surface area contributed by atoms with Crippen LogP contribution in [0.4, 0.5) is 0 Å². The summed E-state index contributed by atoms with van der Waals surface area (Å²) in [5.41, 5.74) is 1.02. The normalized spacial score (nSPS) is 15.5. The van der Waals surface area contributed by atoms with E-state index in [0.29, 0.717) is 11.6 Å². The molecule has 1 aromatic heterocycles. The molecule has 1 aliphatic rings. The van der Waals surface area contributed by atoms with Gasteiger partial charge in [0, 0.05) is 23.2 Å². The van der Waals surface area contributed by atoms with Gasteiger partial charge in [-0.25, -0.2) is 4.79 Å². The maximum absolute atomic E-state index is 12.1. The fourth-order valence-corrected chi connectivity index (χ4v) is 3.21. The molecule has 24 heavy (non-hydrogen) atoms. The molecule has 1 amide bonds. The van der Waals surface area contributed by atoms with Crippen LogP contribution in [0.15, 0.2) is 36.5 Å². The van der Waals surface area contributed by atoms with Crippen LogP contribution >= 0.6 is 11.6 Å². The zero-order valence-electron chi connectivity index (χ0n) is 13.0. The summed E-state index contributed by atoms with van der Waals surface area (Å²) in [5.74, 6) is -1.30. The van der Waals surface area contributed by atoms with E-state index in [-0.39, 0.29) is 23.6 Å². The topological polar surface area (TPSA) is 84.2 Å². The van der Waals surface area contributed by atoms with Gasteiger partial charge in [0.05, 0.1) is 0 Å². The second-order valence-corrected chi connectivity index (χ2v) is 6.56. The number of carboxylic acids is 1. The van der Waals surface area contributed by atoms with Crippen molar-refractivity contribution in [2.45, 2.75) is 31.2 Å². The van der Waals surface area contributed by atoms with Gasteiger partial charge in [0.2, 0.25) is 5.91 Å². The number of amides is 1. The van der Waals surface area contributed by atoms with E-state index in [2.05, 4.69) is 10.4 Å². The van der Waals surface area contributed by atoms with Gasteiger partial charge in [-0.1, -0.05) is 30.2 Å². The fourth-order valence-electron chi connectivity index (χ4n) is 3.02. The lowest BCUT2D eigenvalue weighted by Crippen LogP contribution is -2.46. The molecule has 0 saturated heterocycles. The molecule has 1 saturated carbocycles. The van der Waals surface area contributed by atoms with Crippen LogP contribution in [0.3, 0.4) is 0 Å². The molecular formula is C17H18ClN3O3. The van der Waals surface area contributed by atoms with Crippen LogP contribution in [0.5, 0.6) is 0 Å². The molecule has 126 valence electrons. The second-order valence-electron chi connectivity index (χ2n) is 6.12. The van der Waals surface area contributed by atoms with Gasteiger partial charge in [-0.3, -0.25) is 9.48 Å². The van der Waals surface area contributed by atoms with E-state index >= 15 is 0 Å². The molecule has 0 unspecified atom stereocenters. The Labute approximate surface area is 144 Å². The van der Waals surface area contributed by atoms with Crippen LogP contribution in [-0.4, -0.2) is 33.3 Å². The minimum atomic E-state index is -1.11. The first kappa shape index (κ1) is 16.5. The zero-order chi connectivity index (χ0) is 17.2. The predicted octanol–water partition coefficient (Wildman–Crippen LogP) is 2.47. The lowest BCUT2D eigenvalue weighted by atomic mass is 9.64. The van der Waals surface area contributed by atoms with Crippen LogP contribution in [0, 0.1) is 0 Å². The number of aromatic nitrogens is 2. The molecule has 0 atom stereocenters. The quantitative estimate of drug-likeness (QED) is 0.840. The number of aromatic carboxylic acids is 1. The molecule has 2 aromatic rings. The van der Waals surface area contributed by atoms with Gasteiger partial charge >= 0.3 is 5.97 Å². The summed E-state index contributed by atoms with van der Waals surface area (Å²) >= 11 is 6.08. The standard InChI is InChI=1S/C17H18ClN3O3/c18-13-4-1-3-12(9-13)17(6-2-7-17)11-19-15(22)10-21-8-5-14(20-21)16(23)24/h1,3-5,8-9H,2,6-7,10-11H2,(H,19,22)(H,23,24). The van der Waals surface area contributed by atoms with Crippen molar-refractivity contribution in [2.75, 3.05) is 6.54 Å². The predicted molar refractivity (Wildman–Crippen MR) is 89.2 cm³/mol. The number of carbonyl (C=O) groups is 2. The summed E-state index contributed by atoms with van der Waals surface area (Å²) in [6.07, 6.45) is 4.64. The van der Waals surface area contributed by atoms with Crippen molar-refractivity contribution >= 4 is 23.5 Å². The minimum absolute atomic E-state index is 0.00109. The first-order chi connectivity index (χ1) is 11.5. The Balaban J connectivity index is 1.61. The minimum Gasteiger partial charge on any atom is -0.476 e. The van der Waals surface area contributed by atoms with E-state index in [1.807, 2.05) is 24.3 Å². The maximum Gasteiger partial charge on any atom is 0.356 e. The van der Waals surface area contributed by atoms with Crippen molar-refractivity contribution in [3.05, 3.63) is 52.8 Å². The van der Waals surface area contributed by atoms with Gasteiger partial charge in [-0.2, -0.15) is 5.10 Å². The molecule has 0 radical (unpaired) electrons. The molecule has 1 aliphatic carbocycles. The summed E-state index contributed by atoms with van der Waals surface area (Å²) in [6.45, 7) is 0.540. The molecule has 0 aliphatic heterocycles. The average molecular weight is 348 g/mol. The van der Waals surface area contributed by atoms with Crippen LogP contribution in [0.1, 0.15) is 35.3 Å². The number of nitrogens with zero attached hydrogens (tertiary/aromatic N) is 2. The number of halogens is 1. The molecule has 2 N–H and O–H groups in total. The molecule has 7 heteroatoms. The van der Waals surface area contributed by atoms with Crippen LogP contribution in [0.2, 0.25) is 5.02 Å². The van der Waals surface area contributed by atoms with Gasteiger partial charge in [-0.15, -0.1) is 0 Å². The molecule has 6 nitrogen and oxygen atoms in total. The number of carboxylic acid groups (broad SMARTS) is 1. The molecule has 1 aromatic carbocycles. The van der Waals surface area contributed by atoms with Gasteiger partial charge in [0.15, 0.2) is 5.69 Å². The van der Waals surface area contributed by atoms with Crippen molar-refractivity contribution in [1.29, 1.82) is 0 Å². The summed E-state index contributed by atoms with van der Waals surface area (Å²) in [5, 5.41) is 16.3. The van der Waals surface area contributed by atoms with E-state index in [1.54, 1.807) is 0 Å². The third-order valence-corrected chi connectivity index (χ3v) is 4.77. The number of rotatable bonds is 6. The molecule has 0 bridgehead atoms. The smallest absolute Gasteiger partial charge is 0.356 e. The van der Waals surface area contributed by atoms with E-state index < -0.39 is 5.97 Å². The van der Waals surface area contributed by atoms with E-state index in [4.69, 9.17) is 16.7 Å². The molecule has 1 fully saturated rings. The van der Waals surface area contributed by atoms with Crippen LogP contribution in [-0.2, 0) is 16.8 Å². The highest BCUT2D eigenvalue weighted by atomic mass is 35.5. The average Bonchev–Trinajstić information content (AvgIpc) is 2.95. The van der Waals surface area contributed by atoms with E-state index in [9.17, 15) is 9.59 Å². The number of hydrogen-bond donors (Lipinski definition) is 2. The Morgan fingerprint density at radius 3 is 2.71 bits per heavy atom. The number of hydrogen-bond acceptors (Lipinski definition) is 3. The lowest BCUT2D eigenvalue weighted by Gasteiger charge is -2.42. The Morgan fingerprint density at radius 2 is 2.12 bits per heavy atom. The van der Waals surface area contributed by atoms with Crippen molar-refractivity contribution in [2.24, 2.45) is 0 Å². The molecule has 3 rings (SSSR count). The van der Waals surface area contributed by atoms with Gasteiger partial charge in [0.1, 0.15) is 6.54 Å². The Hall–Kier alpha value is -2.34. The summed E-state index contributed by atoms with van der Waals surface area (Å²) < 4.78 is 1.33. The third kappa shape index (κ3) is 3.43. The van der Waals surface area contributed by atoms with Gasteiger partial charge in [-0.05, 0) is 36.6 Å². The molecule has 0 spiro atoms. The number of nitrogens with one attached hydrogen (secondary N) is 1. The summed E-state index contributed by atoms with van der Waals surface area (Å²) in [7, 11) is 0. The van der Waals surface area contributed by atoms with Crippen molar-refractivity contribution in [1.82, 2.24) is 15.1 Å². The van der Waals surface area contributed by atoms with Gasteiger partial charge < -0.3 is 10.4 Å². The highest BCUT2D eigenvalue weighted by Crippen LogP contribution is 2.43. The highest BCUT2D eigenvalue weighted by molar-refractivity contribution is 6.30. The SMILES string of the molecule is O=C(Cn1ccc(C(=O)O)n1)NCC1(c2cccc(Cl)c2)CCC1. The van der Waals surface area contributed by atoms with Gasteiger partial charge in [0.25, 0.3) is 0 Å².